The Kier molecular flexibility index (Phi) is 5.46. The number of nitrogens with one attached hydrogen (secondary N) is 1. The Bertz CT molecular complexity index is 662. The van der Waals surface area contributed by atoms with Crippen LogP contribution in [0.1, 0.15) is 6.92 Å². The lowest BCUT2D eigenvalue weighted by Crippen LogP contribution is -2.30. The molecule has 22 heavy (non-hydrogen) atoms. The number of benzene rings is 1. The molecule has 0 aliphatic heterocycles. The van der Waals surface area contributed by atoms with E-state index in [4.69, 9.17) is 32.7 Å². The van der Waals surface area contributed by atoms with Crippen LogP contribution in [0.2, 0.25) is 10.0 Å². The largest absolute Gasteiger partial charge is 0.481 e. The number of carbonyl (C=O) groups is 1. The Hall–Kier alpha value is -1.98. The lowest BCUT2D eigenvalue weighted by Gasteiger charge is -2.15. The Morgan fingerprint density at radius 2 is 2.05 bits per heavy atom. The molecule has 2 aromatic rings. The number of ether oxygens (including phenoxy) is 2. The van der Waals surface area contributed by atoms with Crippen molar-refractivity contribution in [1.29, 1.82) is 0 Å². The third-order valence-corrected chi connectivity index (χ3v) is 3.31. The van der Waals surface area contributed by atoms with Gasteiger partial charge in [-0.15, -0.1) is 0 Å². The van der Waals surface area contributed by atoms with Crippen LogP contribution in [0.15, 0.2) is 36.5 Å². The third-order valence-electron chi connectivity index (χ3n) is 2.78. The van der Waals surface area contributed by atoms with Gasteiger partial charge in [0.2, 0.25) is 5.88 Å². The van der Waals surface area contributed by atoms with Gasteiger partial charge in [0.25, 0.3) is 5.91 Å². The van der Waals surface area contributed by atoms with Crippen LogP contribution in [0.3, 0.4) is 0 Å². The summed E-state index contributed by atoms with van der Waals surface area (Å²) in [6.45, 7) is 1.62. The van der Waals surface area contributed by atoms with Crippen LogP contribution in [0.4, 0.5) is 5.69 Å². The Labute approximate surface area is 138 Å². The van der Waals surface area contributed by atoms with Crippen molar-refractivity contribution in [1.82, 2.24) is 4.98 Å². The van der Waals surface area contributed by atoms with E-state index >= 15 is 0 Å². The SMILES string of the molecule is COc1ccc(NC(=O)[C@H](C)Oc2ccc(Cl)cc2Cl)cn1. The van der Waals surface area contributed by atoms with Crippen molar-refractivity contribution in [2.75, 3.05) is 12.4 Å². The number of aromatic nitrogens is 1. The van der Waals surface area contributed by atoms with Crippen molar-refractivity contribution < 1.29 is 14.3 Å². The van der Waals surface area contributed by atoms with E-state index in [0.717, 1.165) is 0 Å². The average Bonchev–Trinajstić information content (AvgIpc) is 2.50. The van der Waals surface area contributed by atoms with Crippen molar-refractivity contribution in [3.05, 3.63) is 46.6 Å². The van der Waals surface area contributed by atoms with Gasteiger partial charge >= 0.3 is 0 Å². The quantitative estimate of drug-likeness (QED) is 0.899. The molecule has 0 bridgehead atoms. The van der Waals surface area contributed by atoms with Gasteiger partial charge in [-0.3, -0.25) is 4.79 Å². The molecule has 1 heterocycles. The number of methoxy groups -OCH3 is 1. The highest BCUT2D eigenvalue weighted by atomic mass is 35.5. The van der Waals surface area contributed by atoms with E-state index < -0.39 is 6.10 Å². The molecule has 0 aliphatic carbocycles. The standard InChI is InChI=1S/C15H14Cl2N2O3/c1-9(22-13-5-3-10(16)7-12(13)17)15(20)19-11-4-6-14(21-2)18-8-11/h3-9H,1-2H3,(H,19,20)/t9-/m0/s1. The first-order valence-corrected chi connectivity index (χ1v) is 7.18. The number of hydrogen-bond donors (Lipinski definition) is 1. The summed E-state index contributed by atoms with van der Waals surface area (Å²) in [6.07, 6.45) is 0.763. The van der Waals surface area contributed by atoms with Crippen molar-refractivity contribution in [3.8, 4) is 11.6 Å². The van der Waals surface area contributed by atoms with E-state index in [1.165, 1.54) is 13.3 Å². The number of carbonyl (C=O) groups excluding carboxylic acids is 1. The second kappa shape index (κ2) is 7.33. The highest BCUT2D eigenvalue weighted by Gasteiger charge is 2.16. The van der Waals surface area contributed by atoms with Crippen molar-refractivity contribution in [2.24, 2.45) is 0 Å². The topological polar surface area (TPSA) is 60.5 Å². The first kappa shape index (κ1) is 16.4. The third kappa shape index (κ3) is 4.26. The molecule has 0 saturated carbocycles. The van der Waals surface area contributed by atoms with Crippen LogP contribution in [0.25, 0.3) is 0 Å². The van der Waals surface area contributed by atoms with E-state index in [1.54, 1.807) is 37.3 Å². The van der Waals surface area contributed by atoms with Gasteiger partial charge in [0.1, 0.15) is 5.75 Å². The maximum Gasteiger partial charge on any atom is 0.265 e. The van der Waals surface area contributed by atoms with Gasteiger partial charge in [-0.1, -0.05) is 23.2 Å². The Balaban J connectivity index is 1.99. The Morgan fingerprint density at radius 3 is 2.64 bits per heavy atom. The fraction of sp³-hybridized carbons (Fsp3) is 0.200. The van der Waals surface area contributed by atoms with Crippen LogP contribution >= 0.6 is 23.2 Å². The molecule has 0 unspecified atom stereocenters. The molecule has 1 N–H and O–H groups in total. The van der Waals surface area contributed by atoms with E-state index in [0.29, 0.717) is 27.4 Å². The van der Waals surface area contributed by atoms with Crippen LogP contribution < -0.4 is 14.8 Å². The molecule has 7 heteroatoms. The molecule has 0 spiro atoms. The normalized spacial score (nSPS) is 11.6. The van der Waals surface area contributed by atoms with Crippen LogP contribution in [-0.4, -0.2) is 24.1 Å². The summed E-state index contributed by atoms with van der Waals surface area (Å²) in [5.41, 5.74) is 0.545. The van der Waals surface area contributed by atoms with Crippen molar-refractivity contribution in [3.63, 3.8) is 0 Å². The van der Waals surface area contributed by atoms with Crippen LogP contribution in [0, 0.1) is 0 Å². The minimum atomic E-state index is -0.735. The van der Waals surface area contributed by atoms with Crippen molar-refractivity contribution in [2.45, 2.75) is 13.0 Å². The van der Waals surface area contributed by atoms with Gasteiger partial charge in [-0.05, 0) is 31.2 Å². The first-order chi connectivity index (χ1) is 10.5. The average molecular weight is 341 g/mol. The van der Waals surface area contributed by atoms with Crippen LogP contribution in [0.5, 0.6) is 11.6 Å². The van der Waals surface area contributed by atoms with Gasteiger partial charge in [-0.2, -0.15) is 0 Å². The summed E-state index contributed by atoms with van der Waals surface area (Å²) in [7, 11) is 1.52. The van der Waals surface area contributed by atoms with Crippen molar-refractivity contribution >= 4 is 34.8 Å². The predicted molar refractivity (Wildman–Crippen MR) is 86.0 cm³/mol. The zero-order valence-corrected chi connectivity index (χ0v) is 13.5. The lowest BCUT2D eigenvalue weighted by molar-refractivity contribution is -0.122. The summed E-state index contributed by atoms with van der Waals surface area (Å²) in [5.74, 6) is 0.537. The summed E-state index contributed by atoms with van der Waals surface area (Å²) >= 11 is 11.8. The molecular formula is C15H14Cl2N2O3. The van der Waals surface area contributed by atoms with Gasteiger partial charge in [0, 0.05) is 11.1 Å². The number of pyridine rings is 1. The highest BCUT2D eigenvalue weighted by molar-refractivity contribution is 6.35. The Morgan fingerprint density at radius 1 is 1.27 bits per heavy atom. The number of rotatable bonds is 5. The maximum absolute atomic E-state index is 12.1. The highest BCUT2D eigenvalue weighted by Crippen LogP contribution is 2.28. The van der Waals surface area contributed by atoms with E-state index in [1.807, 2.05) is 0 Å². The minimum absolute atomic E-state index is 0.321. The molecular weight excluding hydrogens is 327 g/mol. The minimum Gasteiger partial charge on any atom is -0.481 e. The molecule has 0 fully saturated rings. The predicted octanol–water partition coefficient (Wildman–Crippen LogP) is 3.80. The molecule has 0 saturated heterocycles. The van der Waals surface area contributed by atoms with Crippen LogP contribution in [-0.2, 0) is 4.79 Å². The monoisotopic (exact) mass is 340 g/mol. The molecule has 1 aromatic carbocycles. The zero-order chi connectivity index (χ0) is 16.1. The smallest absolute Gasteiger partial charge is 0.265 e. The number of hydrogen-bond acceptors (Lipinski definition) is 4. The molecule has 5 nitrogen and oxygen atoms in total. The van der Waals surface area contributed by atoms with Gasteiger partial charge in [0.05, 0.1) is 24.0 Å². The van der Waals surface area contributed by atoms with E-state index in [9.17, 15) is 4.79 Å². The summed E-state index contributed by atoms with van der Waals surface area (Å²) in [4.78, 5) is 16.1. The van der Waals surface area contributed by atoms with Gasteiger partial charge in [-0.25, -0.2) is 4.98 Å². The molecule has 1 atom stereocenters. The number of halogens is 2. The molecule has 1 amide bonds. The molecule has 0 aliphatic rings. The van der Waals surface area contributed by atoms with E-state index in [2.05, 4.69) is 10.3 Å². The fourth-order valence-corrected chi connectivity index (χ4v) is 2.09. The first-order valence-electron chi connectivity index (χ1n) is 6.42. The fourth-order valence-electron chi connectivity index (χ4n) is 1.63. The molecule has 0 radical (unpaired) electrons. The number of amides is 1. The second-order valence-corrected chi connectivity index (χ2v) is 5.26. The van der Waals surface area contributed by atoms with Gasteiger partial charge < -0.3 is 14.8 Å². The second-order valence-electron chi connectivity index (χ2n) is 4.41. The summed E-state index contributed by atoms with van der Waals surface area (Å²) in [5, 5.41) is 3.54. The lowest BCUT2D eigenvalue weighted by atomic mass is 10.3. The molecule has 1 aromatic heterocycles. The molecule has 116 valence electrons. The van der Waals surface area contributed by atoms with Gasteiger partial charge in [0.15, 0.2) is 6.10 Å². The number of anilines is 1. The summed E-state index contributed by atoms with van der Waals surface area (Å²) < 4.78 is 10.5. The zero-order valence-electron chi connectivity index (χ0n) is 12.0. The molecule has 2 rings (SSSR count). The van der Waals surface area contributed by atoms with E-state index in [-0.39, 0.29) is 5.91 Å². The maximum atomic E-state index is 12.1. The number of nitrogens with zero attached hydrogens (tertiary/aromatic N) is 1. The summed E-state index contributed by atoms with van der Waals surface area (Å²) in [6, 6.07) is 8.14.